The summed E-state index contributed by atoms with van der Waals surface area (Å²) >= 11 is 0. The van der Waals surface area contributed by atoms with E-state index in [1.165, 1.54) is 20.6 Å². The average Bonchev–Trinajstić information content (AvgIpc) is 3.02. The standard InChI is InChI=1S/C35H49N3O6/c1-4-24(18-19-39)10-11-25(12-15-29(40)16-13-26-14-17-31(41)32(22-26)43-2)20-27-21-30(34(42)33(23-27)44-3)38-35(36)37-28-8-6-5-7-9-28/h12,14-15,17,19,21-25,28,41-42H,4-11,13,16,18,20H2,1-3H3,(H3,36,37,38)/b15-12+/t24-,25-/m1/s1. The van der Waals surface area contributed by atoms with Crippen molar-refractivity contribution in [2.75, 3.05) is 19.5 Å². The molecule has 9 nitrogen and oxygen atoms in total. The van der Waals surface area contributed by atoms with Crippen molar-refractivity contribution < 1.29 is 29.3 Å². The van der Waals surface area contributed by atoms with E-state index in [1.54, 1.807) is 30.3 Å². The molecule has 0 saturated heterocycles. The van der Waals surface area contributed by atoms with Crippen LogP contribution in [0.3, 0.4) is 0 Å². The van der Waals surface area contributed by atoms with Crippen molar-refractivity contribution in [1.82, 2.24) is 0 Å². The predicted molar refractivity (Wildman–Crippen MR) is 175 cm³/mol. The van der Waals surface area contributed by atoms with E-state index in [0.717, 1.165) is 62.4 Å². The summed E-state index contributed by atoms with van der Waals surface area (Å²) in [6.07, 6.45) is 14.6. The van der Waals surface area contributed by atoms with Gasteiger partial charge in [0.1, 0.15) is 6.29 Å². The Kier molecular flexibility index (Phi) is 14.1. The van der Waals surface area contributed by atoms with Gasteiger partial charge >= 0.3 is 0 Å². The maximum atomic E-state index is 12.9. The number of rotatable bonds is 17. The van der Waals surface area contributed by atoms with E-state index in [1.807, 2.05) is 12.1 Å². The molecular formula is C35H49N3O6. The maximum absolute atomic E-state index is 12.9. The molecule has 0 amide bonds. The molecule has 240 valence electrons. The molecule has 0 heterocycles. The van der Waals surface area contributed by atoms with Gasteiger partial charge in [0.25, 0.3) is 0 Å². The quantitative estimate of drug-likeness (QED) is 0.0526. The number of nitrogens with one attached hydrogen (secondary N) is 1. The minimum Gasteiger partial charge on any atom is -0.504 e. The van der Waals surface area contributed by atoms with Crippen LogP contribution < -0.4 is 20.5 Å². The number of aldehydes is 1. The van der Waals surface area contributed by atoms with E-state index in [2.05, 4.69) is 17.2 Å². The Balaban J connectivity index is 1.76. The number of methoxy groups -OCH3 is 2. The third kappa shape index (κ3) is 10.9. The molecule has 0 radical (unpaired) electrons. The van der Waals surface area contributed by atoms with E-state index < -0.39 is 0 Å². The summed E-state index contributed by atoms with van der Waals surface area (Å²) in [6.45, 7) is 2.09. The first kappa shape index (κ1) is 34.5. The van der Waals surface area contributed by atoms with E-state index in [4.69, 9.17) is 15.2 Å². The van der Waals surface area contributed by atoms with Crippen molar-refractivity contribution in [3.8, 4) is 23.0 Å². The fourth-order valence-electron chi connectivity index (χ4n) is 5.73. The molecule has 5 N–H and O–H groups in total. The number of allylic oxidation sites excluding steroid dienone is 2. The van der Waals surface area contributed by atoms with Gasteiger partial charge in [-0.25, -0.2) is 4.99 Å². The highest BCUT2D eigenvalue weighted by Crippen LogP contribution is 2.37. The van der Waals surface area contributed by atoms with Crippen molar-refractivity contribution in [2.24, 2.45) is 22.6 Å². The number of nitrogens with two attached hydrogens (primary N) is 1. The number of ketones is 1. The van der Waals surface area contributed by atoms with Crippen LogP contribution in [0.1, 0.15) is 82.3 Å². The van der Waals surface area contributed by atoms with E-state index in [9.17, 15) is 19.8 Å². The van der Waals surface area contributed by atoms with Crippen LogP contribution in [0.15, 0.2) is 47.5 Å². The molecule has 0 spiro atoms. The van der Waals surface area contributed by atoms with Crippen LogP contribution in [0.25, 0.3) is 0 Å². The van der Waals surface area contributed by atoms with Gasteiger partial charge in [0, 0.05) is 12.8 Å². The molecule has 2 aromatic rings. The van der Waals surface area contributed by atoms with E-state index in [-0.39, 0.29) is 41.1 Å². The molecule has 2 aromatic carbocycles. The fraction of sp³-hybridized carbons (Fsp3) is 0.514. The molecular weight excluding hydrogens is 558 g/mol. The summed E-state index contributed by atoms with van der Waals surface area (Å²) in [4.78, 5) is 28.7. The van der Waals surface area contributed by atoms with Gasteiger partial charge in [-0.15, -0.1) is 0 Å². The summed E-state index contributed by atoms with van der Waals surface area (Å²) in [5.41, 5.74) is 8.48. The highest BCUT2D eigenvalue weighted by atomic mass is 16.5. The maximum Gasteiger partial charge on any atom is 0.193 e. The molecule has 0 bridgehead atoms. The Morgan fingerprint density at radius 1 is 1.07 bits per heavy atom. The predicted octanol–water partition coefficient (Wildman–Crippen LogP) is 6.49. The molecule has 0 aliphatic heterocycles. The molecule has 1 aliphatic carbocycles. The van der Waals surface area contributed by atoms with Crippen molar-refractivity contribution in [3.63, 3.8) is 0 Å². The summed E-state index contributed by atoms with van der Waals surface area (Å²) in [6, 6.07) is 8.93. The average molecular weight is 608 g/mol. The van der Waals surface area contributed by atoms with E-state index in [0.29, 0.717) is 42.9 Å². The lowest BCUT2D eigenvalue weighted by Gasteiger charge is -2.20. The first-order valence-electron chi connectivity index (χ1n) is 15.8. The highest BCUT2D eigenvalue weighted by Gasteiger charge is 2.18. The van der Waals surface area contributed by atoms with Crippen LogP contribution in [-0.2, 0) is 22.4 Å². The van der Waals surface area contributed by atoms with Gasteiger partial charge in [-0.2, -0.15) is 0 Å². The Hall–Kier alpha value is -4.01. The SMILES string of the molecule is CC[C@@H](CC=O)CC[C@H](/C=C/C(=O)CCc1ccc(O)c(OC)c1)Cc1cc(NC(N)=NC2CCCCC2)c(O)c(OC)c1. The number of aliphatic imine (C=N–C) groups is 1. The molecule has 1 saturated carbocycles. The number of phenolic OH excluding ortho intramolecular Hbond substituents is 2. The molecule has 2 atom stereocenters. The molecule has 44 heavy (non-hydrogen) atoms. The monoisotopic (exact) mass is 607 g/mol. The van der Waals surface area contributed by atoms with Crippen LogP contribution >= 0.6 is 0 Å². The third-order valence-electron chi connectivity index (χ3n) is 8.42. The smallest absolute Gasteiger partial charge is 0.193 e. The summed E-state index contributed by atoms with van der Waals surface area (Å²) in [7, 11) is 3.00. The van der Waals surface area contributed by atoms with Crippen molar-refractivity contribution in [1.29, 1.82) is 0 Å². The highest BCUT2D eigenvalue weighted by molar-refractivity contribution is 5.94. The summed E-state index contributed by atoms with van der Waals surface area (Å²) in [5.74, 6) is 1.29. The van der Waals surface area contributed by atoms with E-state index >= 15 is 0 Å². The fourth-order valence-corrected chi connectivity index (χ4v) is 5.73. The van der Waals surface area contributed by atoms with Gasteiger partial charge in [0.15, 0.2) is 34.7 Å². The Morgan fingerprint density at radius 2 is 1.80 bits per heavy atom. The van der Waals surface area contributed by atoms with Gasteiger partial charge in [-0.3, -0.25) is 4.79 Å². The molecule has 3 rings (SSSR count). The second-order valence-corrected chi connectivity index (χ2v) is 11.7. The molecule has 9 heteroatoms. The lowest BCUT2D eigenvalue weighted by molar-refractivity contribution is -0.114. The van der Waals surface area contributed by atoms with Crippen LogP contribution in [0.5, 0.6) is 23.0 Å². The Bertz CT molecular complexity index is 1290. The van der Waals surface area contributed by atoms with Crippen molar-refractivity contribution in [3.05, 3.63) is 53.6 Å². The Labute approximate surface area is 261 Å². The third-order valence-corrected chi connectivity index (χ3v) is 8.42. The number of benzene rings is 2. The van der Waals surface area contributed by atoms with Crippen LogP contribution in [0, 0.1) is 11.8 Å². The number of hydrogen-bond donors (Lipinski definition) is 4. The second-order valence-electron chi connectivity index (χ2n) is 11.7. The van der Waals surface area contributed by atoms with Gasteiger partial charge in [0.05, 0.1) is 25.9 Å². The summed E-state index contributed by atoms with van der Waals surface area (Å²) < 4.78 is 10.7. The van der Waals surface area contributed by atoms with Gasteiger partial charge < -0.3 is 35.5 Å². The normalized spacial score (nSPS) is 15.6. The van der Waals surface area contributed by atoms with Gasteiger partial charge in [-0.1, -0.05) is 44.7 Å². The second kappa shape index (κ2) is 18.0. The van der Waals surface area contributed by atoms with Crippen LogP contribution in [0.4, 0.5) is 5.69 Å². The largest absolute Gasteiger partial charge is 0.504 e. The lowest BCUT2D eigenvalue weighted by Crippen LogP contribution is -2.26. The van der Waals surface area contributed by atoms with Crippen molar-refractivity contribution in [2.45, 2.75) is 90.0 Å². The molecule has 1 aliphatic rings. The summed E-state index contributed by atoms with van der Waals surface area (Å²) in [5, 5.41) is 23.7. The first-order chi connectivity index (χ1) is 21.3. The number of carbonyl (C=O) groups excluding carboxylic acids is 2. The molecule has 1 fully saturated rings. The number of phenols is 2. The number of aryl methyl sites for hydroxylation is 1. The number of carbonyl (C=O) groups is 2. The molecule has 0 aromatic heterocycles. The zero-order valence-electron chi connectivity index (χ0n) is 26.4. The molecule has 0 unspecified atom stereocenters. The zero-order valence-corrected chi connectivity index (χ0v) is 26.4. The van der Waals surface area contributed by atoms with Gasteiger partial charge in [0.2, 0.25) is 0 Å². The Morgan fingerprint density at radius 3 is 2.48 bits per heavy atom. The van der Waals surface area contributed by atoms with Crippen molar-refractivity contribution >= 4 is 23.7 Å². The van der Waals surface area contributed by atoms with Gasteiger partial charge in [-0.05, 0) is 91.8 Å². The number of anilines is 1. The lowest BCUT2D eigenvalue weighted by atomic mass is 9.88. The first-order valence-corrected chi connectivity index (χ1v) is 15.8. The minimum atomic E-state index is -0.0387. The minimum absolute atomic E-state index is 0.000634. The zero-order chi connectivity index (χ0) is 31.9. The number of nitrogens with zero attached hydrogens (tertiary/aromatic N) is 1. The number of hydrogen-bond acceptors (Lipinski definition) is 7. The topological polar surface area (TPSA) is 143 Å². The number of ether oxygens (including phenoxy) is 2. The van der Waals surface area contributed by atoms with Crippen LogP contribution in [0.2, 0.25) is 0 Å². The number of aromatic hydroxyl groups is 2. The number of guanidine groups is 1. The van der Waals surface area contributed by atoms with Crippen LogP contribution in [-0.4, -0.2) is 48.5 Å².